The molecule has 0 unspecified atom stereocenters. The van der Waals surface area contributed by atoms with Crippen molar-refractivity contribution in [3.05, 3.63) is 13.8 Å². The average Bonchev–Trinajstić information content (AvgIpc) is 2.19. The van der Waals surface area contributed by atoms with E-state index in [1.165, 1.54) is 12.8 Å². The Morgan fingerprint density at radius 2 is 1.64 bits per heavy atom. The van der Waals surface area contributed by atoms with E-state index < -0.39 is 5.41 Å². The lowest BCUT2D eigenvalue weighted by atomic mass is 9.82. The molecule has 0 atom stereocenters. The summed E-state index contributed by atoms with van der Waals surface area (Å²) >= 11 is 0. The number of hydrogen-bond donors (Lipinski definition) is 1. The van der Waals surface area contributed by atoms with Gasteiger partial charge in [-0.15, -0.1) is 0 Å². The summed E-state index contributed by atoms with van der Waals surface area (Å²) in [6.45, 7) is 16.3. The zero-order valence-corrected chi connectivity index (χ0v) is 8.84. The monoisotopic (exact) mass is 192 g/mol. The van der Waals surface area contributed by atoms with Gasteiger partial charge in [-0.3, -0.25) is 0 Å². The molecule has 2 heterocycles. The summed E-state index contributed by atoms with van der Waals surface area (Å²) in [6, 6.07) is 0.771. The molecule has 2 rings (SSSR count). The third kappa shape index (κ3) is 2.48. The van der Waals surface area contributed by atoms with Gasteiger partial charge < -0.3 is 10.2 Å². The van der Waals surface area contributed by atoms with Gasteiger partial charge in [0.05, 0.1) is 0 Å². The van der Waals surface area contributed by atoms with Crippen LogP contribution in [0.15, 0.2) is 0 Å². The van der Waals surface area contributed by atoms with E-state index in [4.69, 9.17) is 13.8 Å². The normalized spacial score (nSPS) is 30.4. The first-order chi connectivity index (χ1) is 6.67. The Labute approximate surface area is 88.1 Å². The highest BCUT2D eigenvalue weighted by Gasteiger charge is 2.29. The SMILES string of the molecule is [CH]C1([CH])CCN(C2CCNCC2)CC1. The number of rotatable bonds is 1. The summed E-state index contributed by atoms with van der Waals surface area (Å²) in [5, 5.41) is 3.39. The molecule has 4 radical (unpaired) electrons. The molecule has 0 aromatic heterocycles. The quantitative estimate of drug-likeness (QED) is 0.672. The minimum Gasteiger partial charge on any atom is -0.317 e. The number of likely N-dealkylation sites (tertiary alicyclic amines) is 1. The Bertz CT molecular complexity index is 173. The van der Waals surface area contributed by atoms with Crippen molar-refractivity contribution >= 4 is 0 Å². The molecule has 0 amide bonds. The summed E-state index contributed by atoms with van der Waals surface area (Å²) in [7, 11) is 0. The highest BCUT2D eigenvalue weighted by Crippen LogP contribution is 2.30. The van der Waals surface area contributed by atoms with Crippen LogP contribution in [-0.4, -0.2) is 37.1 Å². The Morgan fingerprint density at radius 1 is 1.07 bits per heavy atom. The summed E-state index contributed by atoms with van der Waals surface area (Å²) in [4.78, 5) is 2.57. The van der Waals surface area contributed by atoms with Crippen molar-refractivity contribution in [2.45, 2.75) is 31.7 Å². The molecule has 2 aliphatic rings. The van der Waals surface area contributed by atoms with Gasteiger partial charge in [-0.2, -0.15) is 0 Å². The molecule has 2 heteroatoms. The first-order valence-corrected chi connectivity index (χ1v) is 5.70. The molecule has 2 aliphatic heterocycles. The van der Waals surface area contributed by atoms with Crippen LogP contribution in [0.4, 0.5) is 0 Å². The standard InChI is InChI=1S/C12H20N2/c1-12(2)5-9-14(10-6-12)11-3-7-13-8-4-11/h1-2,11,13H,3-10H2. The third-order valence-corrected chi connectivity index (χ3v) is 3.55. The molecule has 0 spiro atoms. The lowest BCUT2D eigenvalue weighted by molar-refractivity contribution is 0.0996. The largest absolute Gasteiger partial charge is 0.317 e. The van der Waals surface area contributed by atoms with Crippen molar-refractivity contribution in [2.24, 2.45) is 5.41 Å². The minimum absolute atomic E-state index is 0.399. The van der Waals surface area contributed by atoms with Crippen molar-refractivity contribution in [1.29, 1.82) is 0 Å². The highest BCUT2D eigenvalue weighted by atomic mass is 15.2. The maximum Gasteiger partial charge on any atom is 0.0119 e. The summed E-state index contributed by atoms with van der Waals surface area (Å²) in [6.07, 6.45) is 4.44. The molecule has 0 bridgehead atoms. The number of nitrogens with one attached hydrogen (secondary N) is 1. The Morgan fingerprint density at radius 3 is 2.21 bits per heavy atom. The Hall–Kier alpha value is -0.0800. The van der Waals surface area contributed by atoms with Gasteiger partial charge in [0.2, 0.25) is 0 Å². The number of nitrogens with zero attached hydrogens (tertiary/aromatic N) is 1. The van der Waals surface area contributed by atoms with Crippen LogP contribution < -0.4 is 5.32 Å². The lowest BCUT2D eigenvalue weighted by Gasteiger charge is -2.42. The van der Waals surface area contributed by atoms with Gasteiger partial charge in [0.1, 0.15) is 0 Å². The smallest absolute Gasteiger partial charge is 0.0119 e. The molecule has 14 heavy (non-hydrogen) atoms. The molecule has 2 saturated heterocycles. The van der Waals surface area contributed by atoms with Crippen LogP contribution in [0.25, 0.3) is 0 Å². The van der Waals surface area contributed by atoms with E-state index in [0.717, 1.165) is 45.1 Å². The third-order valence-electron chi connectivity index (χ3n) is 3.55. The predicted molar refractivity (Wildman–Crippen MR) is 57.7 cm³/mol. The summed E-state index contributed by atoms with van der Waals surface area (Å²) < 4.78 is 0. The first kappa shape index (κ1) is 10.4. The van der Waals surface area contributed by atoms with Crippen molar-refractivity contribution in [2.75, 3.05) is 26.2 Å². The van der Waals surface area contributed by atoms with E-state index in [0.29, 0.717) is 0 Å². The minimum atomic E-state index is -0.399. The van der Waals surface area contributed by atoms with E-state index >= 15 is 0 Å². The highest BCUT2D eigenvalue weighted by molar-refractivity contribution is 4.92. The second-order valence-electron chi connectivity index (χ2n) is 4.75. The second-order valence-corrected chi connectivity index (χ2v) is 4.75. The fraction of sp³-hybridized carbons (Fsp3) is 0.833. The Balaban J connectivity index is 1.82. The van der Waals surface area contributed by atoms with Gasteiger partial charge in [0.15, 0.2) is 0 Å². The molecule has 0 aromatic rings. The summed E-state index contributed by atoms with van der Waals surface area (Å²) in [5.41, 5.74) is -0.399. The van der Waals surface area contributed by atoms with Crippen LogP contribution in [0.3, 0.4) is 0 Å². The second kappa shape index (κ2) is 4.19. The fourth-order valence-corrected chi connectivity index (χ4v) is 2.48. The van der Waals surface area contributed by atoms with Crippen LogP contribution in [0.5, 0.6) is 0 Å². The molecule has 0 aromatic carbocycles. The maximum absolute atomic E-state index is 5.91. The van der Waals surface area contributed by atoms with Gasteiger partial charge in [-0.1, -0.05) is 0 Å². The maximum atomic E-state index is 5.91. The Kier molecular flexibility index (Phi) is 3.13. The molecular weight excluding hydrogens is 172 g/mol. The van der Waals surface area contributed by atoms with E-state index in [1.807, 2.05) is 0 Å². The van der Waals surface area contributed by atoms with Crippen molar-refractivity contribution in [3.8, 4) is 0 Å². The summed E-state index contributed by atoms with van der Waals surface area (Å²) in [5.74, 6) is 0. The van der Waals surface area contributed by atoms with Gasteiger partial charge in [-0.05, 0) is 71.1 Å². The number of piperidine rings is 2. The van der Waals surface area contributed by atoms with Gasteiger partial charge >= 0.3 is 0 Å². The average molecular weight is 192 g/mol. The van der Waals surface area contributed by atoms with E-state index in [9.17, 15) is 0 Å². The van der Waals surface area contributed by atoms with Crippen molar-refractivity contribution in [1.82, 2.24) is 10.2 Å². The fourth-order valence-electron chi connectivity index (χ4n) is 2.48. The van der Waals surface area contributed by atoms with E-state index in [1.54, 1.807) is 0 Å². The zero-order chi connectivity index (χ0) is 10.0. The van der Waals surface area contributed by atoms with Crippen LogP contribution in [0.1, 0.15) is 25.7 Å². The van der Waals surface area contributed by atoms with Crippen LogP contribution in [0.2, 0.25) is 0 Å². The van der Waals surface area contributed by atoms with Crippen LogP contribution in [0, 0.1) is 19.3 Å². The van der Waals surface area contributed by atoms with Crippen molar-refractivity contribution in [3.63, 3.8) is 0 Å². The topological polar surface area (TPSA) is 15.3 Å². The number of hydrogen-bond acceptors (Lipinski definition) is 2. The van der Waals surface area contributed by atoms with Gasteiger partial charge in [0, 0.05) is 6.04 Å². The first-order valence-electron chi connectivity index (χ1n) is 5.70. The molecule has 2 nitrogen and oxygen atoms in total. The van der Waals surface area contributed by atoms with E-state index in [2.05, 4.69) is 10.2 Å². The zero-order valence-electron chi connectivity index (χ0n) is 8.84. The molecule has 78 valence electrons. The lowest BCUT2D eigenvalue weighted by Crippen LogP contribution is -2.47. The van der Waals surface area contributed by atoms with Crippen LogP contribution >= 0.6 is 0 Å². The molecule has 2 fully saturated rings. The molecule has 1 N–H and O–H groups in total. The molecular formula is C12H20N2. The van der Waals surface area contributed by atoms with Gasteiger partial charge in [-0.25, -0.2) is 0 Å². The van der Waals surface area contributed by atoms with E-state index in [-0.39, 0.29) is 0 Å². The van der Waals surface area contributed by atoms with Crippen LogP contribution in [-0.2, 0) is 0 Å². The molecule has 0 saturated carbocycles. The van der Waals surface area contributed by atoms with Crippen molar-refractivity contribution < 1.29 is 0 Å². The predicted octanol–water partition coefficient (Wildman–Crippen LogP) is 1.24. The molecule has 0 aliphatic carbocycles. The van der Waals surface area contributed by atoms with Gasteiger partial charge in [0.25, 0.3) is 0 Å².